The first kappa shape index (κ1) is 14.4. The maximum atomic E-state index is 9.83. The van der Waals surface area contributed by atoms with Gasteiger partial charge in [-0.15, -0.1) is 0 Å². The molecular formula is C17H26O2. The van der Waals surface area contributed by atoms with Gasteiger partial charge < -0.3 is 9.84 Å². The third-order valence-electron chi connectivity index (χ3n) is 4.28. The number of benzene rings is 1. The lowest BCUT2D eigenvalue weighted by Crippen LogP contribution is -2.24. The second kappa shape index (κ2) is 6.42. The molecule has 0 aliphatic heterocycles. The molecular weight excluding hydrogens is 236 g/mol. The molecule has 1 fully saturated rings. The zero-order chi connectivity index (χ0) is 13.8. The third kappa shape index (κ3) is 3.73. The Kier molecular flexibility index (Phi) is 4.87. The van der Waals surface area contributed by atoms with Crippen LogP contribution >= 0.6 is 0 Å². The van der Waals surface area contributed by atoms with E-state index >= 15 is 0 Å². The lowest BCUT2D eigenvalue weighted by Gasteiger charge is -2.29. The highest BCUT2D eigenvalue weighted by Crippen LogP contribution is 2.32. The predicted octanol–water partition coefficient (Wildman–Crippen LogP) is 4.40. The minimum Gasteiger partial charge on any atom is -0.490 e. The fraction of sp³-hybridized carbons (Fsp3) is 0.647. The van der Waals surface area contributed by atoms with Crippen LogP contribution in [0.2, 0.25) is 0 Å². The molecule has 0 heterocycles. The van der Waals surface area contributed by atoms with Gasteiger partial charge in [-0.25, -0.2) is 0 Å². The van der Waals surface area contributed by atoms with Gasteiger partial charge in [-0.05, 0) is 57.1 Å². The molecule has 0 spiro atoms. The summed E-state index contributed by atoms with van der Waals surface area (Å²) in [6.45, 7) is 6.14. The Morgan fingerprint density at radius 3 is 2.53 bits per heavy atom. The highest BCUT2D eigenvalue weighted by Gasteiger charge is 2.22. The van der Waals surface area contributed by atoms with Gasteiger partial charge in [0.05, 0.1) is 12.2 Å². The smallest absolute Gasteiger partial charge is 0.125 e. The van der Waals surface area contributed by atoms with Gasteiger partial charge in [0, 0.05) is 5.56 Å². The summed E-state index contributed by atoms with van der Waals surface area (Å²) >= 11 is 0. The van der Waals surface area contributed by atoms with Crippen LogP contribution in [-0.4, -0.2) is 11.2 Å². The van der Waals surface area contributed by atoms with Gasteiger partial charge in [0.25, 0.3) is 0 Å². The van der Waals surface area contributed by atoms with E-state index in [1.165, 1.54) is 24.8 Å². The van der Waals surface area contributed by atoms with Crippen LogP contribution in [0.3, 0.4) is 0 Å². The van der Waals surface area contributed by atoms with Gasteiger partial charge in [-0.1, -0.05) is 25.5 Å². The van der Waals surface area contributed by atoms with Crippen LogP contribution in [0.4, 0.5) is 0 Å². The summed E-state index contributed by atoms with van der Waals surface area (Å²) in [5, 5.41) is 9.83. The van der Waals surface area contributed by atoms with Crippen LogP contribution in [0.1, 0.15) is 63.2 Å². The first-order chi connectivity index (χ1) is 9.10. The van der Waals surface area contributed by atoms with Crippen LogP contribution in [0.15, 0.2) is 18.2 Å². The molecule has 0 saturated heterocycles. The minimum absolute atomic E-state index is 0.321. The standard InChI is InChI=1S/C17H26O2/c1-4-14-6-8-15(9-7-14)19-17-11-12(2)5-10-16(17)13(3)18/h5,10-11,13-15,18H,4,6-9H2,1-3H3/t13-,14?,15?/m1/s1. The fourth-order valence-corrected chi connectivity index (χ4v) is 2.93. The lowest BCUT2D eigenvalue weighted by atomic mass is 9.86. The molecule has 19 heavy (non-hydrogen) atoms. The molecule has 0 amide bonds. The molecule has 0 radical (unpaired) electrons. The Labute approximate surface area is 116 Å². The van der Waals surface area contributed by atoms with E-state index in [0.717, 1.165) is 30.1 Å². The predicted molar refractivity (Wildman–Crippen MR) is 78.5 cm³/mol. The first-order valence-electron chi connectivity index (χ1n) is 7.55. The average molecular weight is 262 g/mol. The Morgan fingerprint density at radius 1 is 1.26 bits per heavy atom. The van der Waals surface area contributed by atoms with Crippen molar-refractivity contribution in [3.05, 3.63) is 29.3 Å². The molecule has 1 saturated carbocycles. The van der Waals surface area contributed by atoms with E-state index in [2.05, 4.69) is 13.8 Å². The zero-order valence-corrected chi connectivity index (χ0v) is 12.4. The van der Waals surface area contributed by atoms with Crippen molar-refractivity contribution in [2.24, 2.45) is 5.92 Å². The van der Waals surface area contributed by atoms with Gasteiger partial charge in [-0.2, -0.15) is 0 Å². The van der Waals surface area contributed by atoms with Crippen LogP contribution in [0.5, 0.6) is 5.75 Å². The molecule has 1 aromatic carbocycles. The van der Waals surface area contributed by atoms with Gasteiger partial charge >= 0.3 is 0 Å². The Hall–Kier alpha value is -1.02. The van der Waals surface area contributed by atoms with E-state index in [9.17, 15) is 5.11 Å². The number of aliphatic hydroxyl groups excluding tert-OH is 1. The summed E-state index contributed by atoms with van der Waals surface area (Å²) in [7, 11) is 0. The van der Waals surface area contributed by atoms with Crippen molar-refractivity contribution in [3.8, 4) is 5.75 Å². The molecule has 1 atom stereocenters. The van der Waals surface area contributed by atoms with Crippen LogP contribution in [-0.2, 0) is 0 Å². The summed E-state index contributed by atoms with van der Waals surface area (Å²) in [5.74, 6) is 1.75. The largest absolute Gasteiger partial charge is 0.490 e. The fourth-order valence-electron chi connectivity index (χ4n) is 2.93. The van der Waals surface area contributed by atoms with Crippen molar-refractivity contribution in [2.45, 2.75) is 65.1 Å². The van der Waals surface area contributed by atoms with E-state index in [4.69, 9.17) is 4.74 Å². The number of aryl methyl sites for hydroxylation is 1. The normalized spacial score (nSPS) is 25.1. The maximum Gasteiger partial charge on any atom is 0.125 e. The second-order valence-corrected chi connectivity index (χ2v) is 5.89. The molecule has 1 aliphatic carbocycles. The SMILES string of the molecule is CCC1CCC(Oc2cc(C)ccc2[C@@H](C)O)CC1. The maximum absolute atomic E-state index is 9.83. The Bertz CT molecular complexity index is 404. The van der Waals surface area contributed by atoms with Crippen molar-refractivity contribution >= 4 is 0 Å². The molecule has 2 nitrogen and oxygen atoms in total. The van der Waals surface area contributed by atoms with Crippen molar-refractivity contribution in [2.75, 3.05) is 0 Å². The van der Waals surface area contributed by atoms with Crippen LogP contribution < -0.4 is 4.74 Å². The molecule has 1 aliphatic rings. The summed E-state index contributed by atoms with van der Waals surface area (Å²) < 4.78 is 6.16. The van der Waals surface area contributed by atoms with Gasteiger partial charge in [0.1, 0.15) is 5.75 Å². The van der Waals surface area contributed by atoms with Crippen molar-refractivity contribution in [1.29, 1.82) is 0 Å². The molecule has 1 N–H and O–H groups in total. The monoisotopic (exact) mass is 262 g/mol. The molecule has 0 bridgehead atoms. The van der Waals surface area contributed by atoms with E-state index in [0.29, 0.717) is 6.10 Å². The average Bonchev–Trinajstić information content (AvgIpc) is 2.39. The topological polar surface area (TPSA) is 29.5 Å². The van der Waals surface area contributed by atoms with E-state index in [1.54, 1.807) is 6.92 Å². The number of ether oxygens (including phenoxy) is 1. The van der Waals surface area contributed by atoms with Crippen molar-refractivity contribution in [1.82, 2.24) is 0 Å². The van der Waals surface area contributed by atoms with E-state index < -0.39 is 6.10 Å². The van der Waals surface area contributed by atoms with Crippen molar-refractivity contribution in [3.63, 3.8) is 0 Å². The zero-order valence-electron chi connectivity index (χ0n) is 12.4. The highest BCUT2D eigenvalue weighted by atomic mass is 16.5. The summed E-state index contributed by atoms with van der Waals surface area (Å²) in [4.78, 5) is 0. The molecule has 2 rings (SSSR count). The summed E-state index contributed by atoms with van der Waals surface area (Å²) in [6.07, 6.45) is 5.98. The number of hydrogen-bond donors (Lipinski definition) is 1. The molecule has 0 unspecified atom stereocenters. The van der Waals surface area contributed by atoms with Crippen LogP contribution in [0.25, 0.3) is 0 Å². The Balaban J connectivity index is 2.04. The van der Waals surface area contributed by atoms with Gasteiger partial charge in [0.15, 0.2) is 0 Å². The quantitative estimate of drug-likeness (QED) is 0.871. The van der Waals surface area contributed by atoms with Gasteiger partial charge in [-0.3, -0.25) is 0 Å². The number of hydrogen-bond acceptors (Lipinski definition) is 2. The number of rotatable bonds is 4. The van der Waals surface area contributed by atoms with E-state index in [-0.39, 0.29) is 0 Å². The Morgan fingerprint density at radius 2 is 1.95 bits per heavy atom. The molecule has 1 aromatic rings. The number of aliphatic hydroxyl groups is 1. The second-order valence-electron chi connectivity index (χ2n) is 5.89. The molecule has 0 aromatic heterocycles. The van der Waals surface area contributed by atoms with E-state index in [1.807, 2.05) is 18.2 Å². The van der Waals surface area contributed by atoms with Gasteiger partial charge in [0.2, 0.25) is 0 Å². The first-order valence-corrected chi connectivity index (χ1v) is 7.55. The highest BCUT2D eigenvalue weighted by molar-refractivity contribution is 5.38. The van der Waals surface area contributed by atoms with Crippen molar-refractivity contribution < 1.29 is 9.84 Å². The molecule has 2 heteroatoms. The summed E-state index contributed by atoms with van der Waals surface area (Å²) in [5.41, 5.74) is 2.09. The third-order valence-corrected chi connectivity index (χ3v) is 4.28. The summed E-state index contributed by atoms with van der Waals surface area (Å²) in [6, 6.07) is 6.06. The molecule has 106 valence electrons. The lowest BCUT2D eigenvalue weighted by molar-refractivity contribution is 0.122. The van der Waals surface area contributed by atoms with Crippen LogP contribution in [0, 0.1) is 12.8 Å². The minimum atomic E-state index is -0.470.